The zero-order valence-electron chi connectivity index (χ0n) is 6.77. The van der Waals surface area contributed by atoms with Gasteiger partial charge in [-0.1, -0.05) is 0 Å². The van der Waals surface area contributed by atoms with Crippen molar-refractivity contribution in [3.63, 3.8) is 0 Å². The van der Waals surface area contributed by atoms with E-state index < -0.39 is 0 Å². The highest BCUT2D eigenvalue weighted by molar-refractivity contribution is 6.04. The minimum absolute atomic E-state index is 0.285. The molecule has 0 saturated heterocycles. The third kappa shape index (κ3) is 2.17. The van der Waals surface area contributed by atoms with E-state index in [0.717, 1.165) is 6.08 Å². The monoisotopic (exact) mass is 173 g/mol. The summed E-state index contributed by atoms with van der Waals surface area (Å²) in [4.78, 5) is 11.1. The minimum atomic E-state index is -0.285. The van der Waals surface area contributed by atoms with Gasteiger partial charge in [0.1, 0.15) is 0 Å². The Morgan fingerprint density at radius 2 is 2.00 bits per heavy atom. The van der Waals surface area contributed by atoms with Gasteiger partial charge in [0.05, 0.1) is 17.9 Å². The number of carbonyl (C=O) groups is 1. The number of allylic oxidation sites excluding steroid dienone is 1. The van der Waals surface area contributed by atoms with Crippen LogP contribution < -0.4 is 0 Å². The summed E-state index contributed by atoms with van der Waals surface area (Å²) in [5.74, 6) is -0.285. The summed E-state index contributed by atoms with van der Waals surface area (Å²) in [6.07, 6.45) is 1.75. The number of nitriles is 1. The summed E-state index contributed by atoms with van der Waals surface area (Å²) in [7, 11) is 0. The molecule has 0 spiro atoms. The van der Waals surface area contributed by atoms with Crippen LogP contribution in [0.15, 0.2) is 36.6 Å². The first-order valence-corrected chi connectivity index (χ1v) is 3.63. The smallest absolute Gasteiger partial charge is 0.188 e. The predicted molar refractivity (Wildman–Crippen MR) is 47.3 cm³/mol. The molecule has 0 aromatic heterocycles. The molecule has 0 atom stereocenters. The zero-order valence-corrected chi connectivity index (χ0v) is 6.77. The lowest BCUT2D eigenvalue weighted by molar-refractivity contribution is 0.104. The summed E-state index contributed by atoms with van der Waals surface area (Å²) in [6, 6.07) is 8.14. The molecular formula is C10H7NO2. The molecule has 13 heavy (non-hydrogen) atoms. The molecule has 0 aliphatic rings. The molecule has 64 valence electrons. The first kappa shape index (κ1) is 9.01. The SMILES string of the molecule is N#Cc1ccc(C(=O)C=CO)cc1. The van der Waals surface area contributed by atoms with Crippen LogP contribution in [0.1, 0.15) is 15.9 Å². The number of aliphatic hydroxyl groups is 1. The van der Waals surface area contributed by atoms with Crippen molar-refractivity contribution >= 4 is 5.78 Å². The lowest BCUT2D eigenvalue weighted by atomic mass is 10.1. The Bertz CT molecular complexity index is 371. The van der Waals surface area contributed by atoms with Crippen molar-refractivity contribution in [2.24, 2.45) is 0 Å². The second-order valence-electron chi connectivity index (χ2n) is 2.37. The predicted octanol–water partition coefficient (Wildman–Crippen LogP) is 1.81. The fourth-order valence-electron chi connectivity index (χ4n) is 0.873. The largest absolute Gasteiger partial charge is 0.515 e. The van der Waals surface area contributed by atoms with Gasteiger partial charge in [0, 0.05) is 11.6 Å². The van der Waals surface area contributed by atoms with Crippen LogP contribution in [0.25, 0.3) is 0 Å². The summed E-state index contributed by atoms with van der Waals surface area (Å²) in [6.45, 7) is 0. The van der Waals surface area contributed by atoms with Gasteiger partial charge in [-0.15, -0.1) is 0 Å². The highest BCUT2D eigenvalue weighted by Gasteiger charge is 2.00. The minimum Gasteiger partial charge on any atom is -0.515 e. The van der Waals surface area contributed by atoms with E-state index in [4.69, 9.17) is 10.4 Å². The van der Waals surface area contributed by atoms with Gasteiger partial charge < -0.3 is 5.11 Å². The molecule has 0 unspecified atom stereocenters. The van der Waals surface area contributed by atoms with Crippen molar-refractivity contribution in [2.45, 2.75) is 0 Å². The van der Waals surface area contributed by atoms with Crippen LogP contribution in [0.4, 0.5) is 0 Å². The molecule has 0 amide bonds. The number of hydrogen-bond donors (Lipinski definition) is 1. The molecule has 0 radical (unpaired) electrons. The van der Waals surface area contributed by atoms with Crippen molar-refractivity contribution < 1.29 is 9.90 Å². The Labute approximate surface area is 75.5 Å². The second-order valence-corrected chi connectivity index (χ2v) is 2.37. The quantitative estimate of drug-likeness (QED) is 0.421. The second kappa shape index (κ2) is 4.07. The molecule has 1 aromatic carbocycles. The van der Waals surface area contributed by atoms with Crippen molar-refractivity contribution in [3.8, 4) is 6.07 Å². The molecule has 1 rings (SSSR count). The van der Waals surface area contributed by atoms with E-state index in [1.165, 1.54) is 0 Å². The van der Waals surface area contributed by atoms with Crippen molar-refractivity contribution in [2.75, 3.05) is 0 Å². The fraction of sp³-hybridized carbons (Fsp3) is 0. The zero-order chi connectivity index (χ0) is 9.68. The third-order valence-corrected chi connectivity index (χ3v) is 1.52. The maximum Gasteiger partial charge on any atom is 0.188 e. The molecule has 0 heterocycles. The number of carbonyl (C=O) groups excluding carboxylic acids is 1. The van der Waals surface area contributed by atoms with E-state index in [9.17, 15) is 4.79 Å². The van der Waals surface area contributed by atoms with Gasteiger partial charge in [0.15, 0.2) is 5.78 Å². The number of hydrogen-bond acceptors (Lipinski definition) is 3. The van der Waals surface area contributed by atoms with Gasteiger partial charge >= 0.3 is 0 Å². The van der Waals surface area contributed by atoms with Gasteiger partial charge in [-0.2, -0.15) is 5.26 Å². The van der Waals surface area contributed by atoms with Gasteiger partial charge in [0.2, 0.25) is 0 Å². The van der Waals surface area contributed by atoms with E-state index >= 15 is 0 Å². The standard InChI is InChI=1S/C10H7NO2/c11-7-8-1-3-9(4-2-8)10(13)5-6-12/h1-6,12H. The van der Waals surface area contributed by atoms with Crippen LogP contribution in [0, 0.1) is 11.3 Å². The molecular weight excluding hydrogens is 166 g/mol. The Hall–Kier alpha value is -2.08. The first-order valence-electron chi connectivity index (χ1n) is 3.63. The molecule has 1 aromatic rings. The average molecular weight is 173 g/mol. The highest BCUT2D eigenvalue weighted by atomic mass is 16.2. The van der Waals surface area contributed by atoms with Crippen LogP contribution in [-0.2, 0) is 0 Å². The van der Waals surface area contributed by atoms with Gasteiger partial charge in [-0.05, 0) is 24.3 Å². The highest BCUT2D eigenvalue weighted by Crippen LogP contribution is 2.04. The van der Waals surface area contributed by atoms with Crippen LogP contribution >= 0.6 is 0 Å². The lowest BCUT2D eigenvalue weighted by Crippen LogP contribution is -1.93. The summed E-state index contributed by atoms with van der Waals surface area (Å²) in [5, 5.41) is 16.8. The third-order valence-electron chi connectivity index (χ3n) is 1.52. The van der Waals surface area contributed by atoms with Crippen LogP contribution in [0.5, 0.6) is 0 Å². The van der Waals surface area contributed by atoms with Crippen molar-refractivity contribution in [1.82, 2.24) is 0 Å². The van der Waals surface area contributed by atoms with E-state index in [0.29, 0.717) is 17.4 Å². The fourth-order valence-corrected chi connectivity index (χ4v) is 0.873. The number of rotatable bonds is 2. The van der Waals surface area contributed by atoms with E-state index in [-0.39, 0.29) is 5.78 Å². The van der Waals surface area contributed by atoms with E-state index in [1.54, 1.807) is 24.3 Å². The normalized spacial score (nSPS) is 9.77. The van der Waals surface area contributed by atoms with Crippen LogP contribution in [-0.4, -0.2) is 10.9 Å². The molecule has 0 aliphatic heterocycles. The van der Waals surface area contributed by atoms with Gasteiger partial charge in [-0.3, -0.25) is 4.79 Å². The summed E-state index contributed by atoms with van der Waals surface area (Å²) < 4.78 is 0. The molecule has 1 N–H and O–H groups in total. The maximum absolute atomic E-state index is 11.1. The topological polar surface area (TPSA) is 61.1 Å². The Balaban J connectivity index is 2.94. The molecule has 3 heteroatoms. The van der Waals surface area contributed by atoms with Gasteiger partial charge in [0.25, 0.3) is 0 Å². The summed E-state index contributed by atoms with van der Waals surface area (Å²) in [5.41, 5.74) is 0.953. The number of ketones is 1. The summed E-state index contributed by atoms with van der Waals surface area (Å²) >= 11 is 0. The van der Waals surface area contributed by atoms with E-state index in [1.807, 2.05) is 6.07 Å². The number of nitrogens with zero attached hydrogens (tertiary/aromatic N) is 1. The van der Waals surface area contributed by atoms with Crippen molar-refractivity contribution in [3.05, 3.63) is 47.7 Å². The Kier molecular flexibility index (Phi) is 2.82. The number of benzene rings is 1. The van der Waals surface area contributed by atoms with Crippen molar-refractivity contribution in [1.29, 1.82) is 5.26 Å². The molecule has 0 fully saturated rings. The first-order chi connectivity index (χ1) is 6.27. The molecule has 3 nitrogen and oxygen atoms in total. The van der Waals surface area contributed by atoms with E-state index in [2.05, 4.69) is 0 Å². The Morgan fingerprint density at radius 3 is 2.46 bits per heavy atom. The molecule has 0 aliphatic carbocycles. The lowest BCUT2D eigenvalue weighted by Gasteiger charge is -1.93. The van der Waals surface area contributed by atoms with Gasteiger partial charge in [-0.25, -0.2) is 0 Å². The van der Waals surface area contributed by atoms with Crippen LogP contribution in [0.3, 0.4) is 0 Å². The Morgan fingerprint density at radius 1 is 1.38 bits per heavy atom. The average Bonchev–Trinajstić information content (AvgIpc) is 2.18. The molecule has 0 saturated carbocycles. The van der Waals surface area contributed by atoms with Crippen LogP contribution in [0.2, 0.25) is 0 Å². The number of aliphatic hydroxyl groups excluding tert-OH is 1. The maximum atomic E-state index is 11.1. The molecule has 0 bridgehead atoms.